The van der Waals surface area contributed by atoms with Crippen molar-refractivity contribution in [2.45, 2.75) is 19.0 Å². The largest absolute Gasteiger partial charge is 0.395 e. The maximum atomic E-state index is 11.6. The summed E-state index contributed by atoms with van der Waals surface area (Å²) in [5.41, 5.74) is 2.05. The Hall–Kier alpha value is -1.02. The summed E-state index contributed by atoms with van der Waals surface area (Å²) in [6, 6.07) is 4.08. The van der Waals surface area contributed by atoms with Gasteiger partial charge in [-0.25, -0.2) is 8.42 Å². The number of hydrogen-bond donors (Lipinski definition) is 1. The van der Waals surface area contributed by atoms with Crippen molar-refractivity contribution in [1.82, 2.24) is 9.88 Å². The summed E-state index contributed by atoms with van der Waals surface area (Å²) < 4.78 is 24.4. The van der Waals surface area contributed by atoms with Gasteiger partial charge in [0.1, 0.15) is 0 Å². The van der Waals surface area contributed by atoms with E-state index >= 15 is 0 Å². The van der Waals surface area contributed by atoms with Crippen molar-refractivity contribution in [1.29, 1.82) is 0 Å². The second-order valence-electron chi connectivity index (χ2n) is 5.40. The molecule has 5 nitrogen and oxygen atoms in total. The zero-order valence-corrected chi connectivity index (χ0v) is 13.2. The minimum atomic E-state index is -2.91. The van der Waals surface area contributed by atoms with Crippen LogP contribution in [0.4, 0.5) is 0 Å². The van der Waals surface area contributed by atoms with E-state index in [4.69, 9.17) is 0 Å². The number of thiophene rings is 1. The van der Waals surface area contributed by atoms with E-state index in [0.29, 0.717) is 19.5 Å². The van der Waals surface area contributed by atoms with Gasteiger partial charge in [0.25, 0.3) is 0 Å². The molecule has 0 bridgehead atoms. The smallest absolute Gasteiger partial charge is 0.151 e. The SMILES string of the molecule is O=S1(=O)CCC(N(CCO)Cc2cnc3ccsc3c2)C1. The van der Waals surface area contributed by atoms with Gasteiger partial charge in [0.15, 0.2) is 9.84 Å². The highest BCUT2D eigenvalue weighted by molar-refractivity contribution is 7.91. The Bertz CT molecular complexity index is 727. The van der Waals surface area contributed by atoms with E-state index in [9.17, 15) is 13.5 Å². The van der Waals surface area contributed by atoms with Crippen LogP contribution in [-0.2, 0) is 16.4 Å². The van der Waals surface area contributed by atoms with Gasteiger partial charge in [-0.05, 0) is 29.5 Å². The van der Waals surface area contributed by atoms with Crippen molar-refractivity contribution >= 4 is 31.4 Å². The summed E-state index contributed by atoms with van der Waals surface area (Å²) >= 11 is 1.65. The number of sulfone groups is 1. The Morgan fingerprint density at radius 2 is 2.33 bits per heavy atom. The maximum Gasteiger partial charge on any atom is 0.151 e. The molecule has 1 fully saturated rings. The van der Waals surface area contributed by atoms with E-state index < -0.39 is 9.84 Å². The van der Waals surface area contributed by atoms with Gasteiger partial charge < -0.3 is 5.11 Å². The third kappa shape index (κ3) is 3.42. The number of aromatic nitrogens is 1. The summed E-state index contributed by atoms with van der Waals surface area (Å²) in [6.45, 7) is 1.15. The van der Waals surface area contributed by atoms with Crippen LogP contribution in [0, 0.1) is 0 Å². The van der Waals surface area contributed by atoms with Crippen molar-refractivity contribution < 1.29 is 13.5 Å². The lowest BCUT2D eigenvalue weighted by Crippen LogP contribution is -2.37. The van der Waals surface area contributed by atoms with Gasteiger partial charge in [-0.3, -0.25) is 9.88 Å². The summed E-state index contributed by atoms with van der Waals surface area (Å²) in [5, 5.41) is 11.2. The zero-order chi connectivity index (χ0) is 14.9. The Balaban J connectivity index is 1.78. The van der Waals surface area contributed by atoms with E-state index in [2.05, 4.69) is 16.0 Å². The molecule has 21 heavy (non-hydrogen) atoms. The number of hydrogen-bond acceptors (Lipinski definition) is 6. The quantitative estimate of drug-likeness (QED) is 0.896. The predicted molar refractivity (Wildman–Crippen MR) is 84.2 cm³/mol. The van der Waals surface area contributed by atoms with Crippen LogP contribution < -0.4 is 0 Å². The lowest BCUT2D eigenvalue weighted by atomic mass is 10.2. The van der Waals surface area contributed by atoms with Crippen LogP contribution in [0.25, 0.3) is 10.2 Å². The lowest BCUT2D eigenvalue weighted by molar-refractivity contribution is 0.153. The fraction of sp³-hybridized carbons (Fsp3) is 0.500. The fourth-order valence-electron chi connectivity index (χ4n) is 2.79. The van der Waals surface area contributed by atoms with E-state index in [1.165, 1.54) is 0 Å². The van der Waals surface area contributed by atoms with Gasteiger partial charge in [-0.2, -0.15) is 0 Å². The standard InChI is InChI=1S/C14H18N2O3S2/c17-4-3-16(12-2-6-21(18,19)10-12)9-11-7-14-13(15-8-11)1-5-20-14/h1,5,7-8,12,17H,2-4,6,9-10H2. The Morgan fingerprint density at radius 3 is 3.05 bits per heavy atom. The highest BCUT2D eigenvalue weighted by atomic mass is 32.2. The second-order valence-corrected chi connectivity index (χ2v) is 8.57. The average Bonchev–Trinajstić information content (AvgIpc) is 3.03. The van der Waals surface area contributed by atoms with Gasteiger partial charge in [0.2, 0.25) is 0 Å². The lowest BCUT2D eigenvalue weighted by Gasteiger charge is -2.27. The van der Waals surface area contributed by atoms with Crippen LogP contribution in [0.5, 0.6) is 0 Å². The molecule has 114 valence electrons. The first kappa shape index (κ1) is 14.9. The molecule has 0 spiro atoms. The Labute approximate surface area is 128 Å². The number of nitrogens with zero attached hydrogens (tertiary/aromatic N) is 2. The Kier molecular flexibility index (Phi) is 4.26. The normalized spacial score (nSPS) is 21.3. The molecular weight excluding hydrogens is 308 g/mol. The maximum absolute atomic E-state index is 11.6. The number of pyridine rings is 1. The number of aliphatic hydroxyl groups is 1. The summed E-state index contributed by atoms with van der Waals surface area (Å²) in [5.74, 6) is 0.448. The number of fused-ring (bicyclic) bond motifs is 1. The first-order chi connectivity index (χ1) is 10.1. The zero-order valence-electron chi connectivity index (χ0n) is 11.6. The molecule has 1 saturated heterocycles. The molecule has 3 rings (SSSR count). The van der Waals surface area contributed by atoms with Crippen molar-refractivity contribution in [3.8, 4) is 0 Å². The molecule has 1 unspecified atom stereocenters. The monoisotopic (exact) mass is 326 g/mol. The van der Waals surface area contributed by atoms with Gasteiger partial charge >= 0.3 is 0 Å². The third-order valence-electron chi connectivity index (χ3n) is 3.86. The summed E-state index contributed by atoms with van der Waals surface area (Å²) in [4.78, 5) is 6.47. The molecule has 2 aromatic heterocycles. The molecule has 0 saturated carbocycles. The van der Waals surface area contributed by atoms with Gasteiger partial charge in [0, 0.05) is 25.3 Å². The van der Waals surface area contributed by atoms with Crippen molar-refractivity contribution in [3.63, 3.8) is 0 Å². The van der Waals surface area contributed by atoms with Crippen LogP contribution in [0.3, 0.4) is 0 Å². The van der Waals surface area contributed by atoms with Gasteiger partial charge in [-0.15, -0.1) is 11.3 Å². The molecule has 0 aliphatic carbocycles. The van der Waals surface area contributed by atoms with Gasteiger partial charge in [0.05, 0.1) is 28.3 Å². The van der Waals surface area contributed by atoms with Crippen molar-refractivity contribution in [2.75, 3.05) is 24.7 Å². The van der Waals surface area contributed by atoms with E-state index in [-0.39, 0.29) is 24.2 Å². The molecule has 3 heterocycles. The summed E-state index contributed by atoms with van der Waals surface area (Å²) in [6.07, 6.45) is 2.49. The molecule has 1 atom stereocenters. The van der Waals surface area contributed by atoms with Crippen LogP contribution in [-0.4, -0.2) is 54.1 Å². The first-order valence-electron chi connectivity index (χ1n) is 6.95. The topological polar surface area (TPSA) is 70.5 Å². The molecule has 1 N–H and O–H groups in total. The Morgan fingerprint density at radius 1 is 1.48 bits per heavy atom. The highest BCUT2D eigenvalue weighted by Gasteiger charge is 2.32. The van der Waals surface area contributed by atoms with Crippen LogP contribution in [0.1, 0.15) is 12.0 Å². The van der Waals surface area contributed by atoms with E-state index in [0.717, 1.165) is 15.8 Å². The molecule has 1 aliphatic rings. The second kappa shape index (κ2) is 6.00. The molecule has 0 radical (unpaired) electrons. The minimum absolute atomic E-state index is 0.00110. The molecule has 0 aromatic carbocycles. The third-order valence-corrected chi connectivity index (χ3v) is 6.46. The number of aliphatic hydroxyl groups excluding tert-OH is 1. The van der Waals surface area contributed by atoms with E-state index in [1.807, 2.05) is 17.6 Å². The minimum Gasteiger partial charge on any atom is -0.395 e. The summed E-state index contributed by atoms with van der Waals surface area (Å²) in [7, 11) is -2.91. The molecule has 1 aliphatic heterocycles. The average molecular weight is 326 g/mol. The van der Waals surface area contributed by atoms with Gasteiger partial charge in [-0.1, -0.05) is 0 Å². The molecule has 2 aromatic rings. The first-order valence-corrected chi connectivity index (χ1v) is 9.65. The van der Waals surface area contributed by atoms with E-state index in [1.54, 1.807) is 11.3 Å². The van der Waals surface area contributed by atoms with Crippen LogP contribution in [0.15, 0.2) is 23.7 Å². The molecular formula is C14H18N2O3S2. The van der Waals surface area contributed by atoms with Crippen LogP contribution >= 0.6 is 11.3 Å². The molecule has 0 amide bonds. The van der Waals surface area contributed by atoms with Crippen LogP contribution in [0.2, 0.25) is 0 Å². The fourth-order valence-corrected chi connectivity index (χ4v) is 5.36. The highest BCUT2D eigenvalue weighted by Crippen LogP contribution is 2.23. The number of rotatable bonds is 5. The predicted octanol–water partition coefficient (Wildman–Crippen LogP) is 1.28. The van der Waals surface area contributed by atoms with Crippen molar-refractivity contribution in [3.05, 3.63) is 29.3 Å². The van der Waals surface area contributed by atoms with Crippen molar-refractivity contribution in [2.24, 2.45) is 0 Å². The molecule has 7 heteroatoms.